The minimum absolute atomic E-state index is 0.0441. The molecule has 20 heavy (non-hydrogen) atoms. The van der Waals surface area contributed by atoms with Crippen molar-refractivity contribution < 1.29 is 9.84 Å². The maximum absolute atomic E-state index is 10.5. The summed E-state index contributed by atoms with van der Waals surface area (Å²) in [7, 11) is 0. The van der Waals surface area contributed by atoms with Gasteiger partial charge in [0, 0.05) is 18.6 Å². The molecule has 4 unspecified atom stereocenters. The van der Waals surface area contributed by atoms with Gasteiger partial charge in [-0.15, -0.1) is 0 Å². The molecule has 0 radical (unpaired) electrons. The molecular weight excluding hydrogens is 248 g/mol. The van der Waals surface area contributed by atoms with E-state index in [0.717, 1.165) is 31.8 Å². The van der Waals surface area contributed by atoms with Crippen LogP contribution >= 0.6 is 0 Å². The minimum atomic E-state index is 0.0441. The van der Waals surface area contributed by atoms with Gasteiger partial charge in [0.2, 0.25) is 0 Å². The third-order valence-corrected chi connectivity index (χ3v) is 6.37. The quantitative estimate of drug-likeness (QED) is 0.773. The van der Waals surface area contributed by atoms with Crippen molar-refractivity contribution in [1.82, 2.24) is 0 Å². The van der Waals surface area contributed by atoms with E-state index in [-0.39, 0.29) is 5.60 Å². The zero-order chi connectivity index (χ0) is 13.5. The van der Waals surface area contributed by atoms with E-state index in [9.17, 15) is 5.11 Å². The highest BCUT2D eigenvalue weighted by molar-refractivity contribution is 5.58. The Kier molecular flexibility index (Phi) is 2.09. The highest BCUT2D eigenvalue weighted by atomic mass is 16.5. The molecule has 2 heteroatoms. The van der Waals surface area contributed by atoms with Gasteiger partial charge in [0.05, 0.1) is 5.60 Å². The summed E-state index contributed by atoms with van der Waals surface area (Å²) >= 11 is 0. The summed E-state index contributed by atoms with van der Waals surface area (Å²) in [5.41, 5.74) is 5.90. The molecule has 1 aromatic rings. The molecule has 1 aliphatic heterocycles. The molecule has 2 fully saturated rings. The Morgan fingerprint density at radius 2 is 1.95 bits per heavy atom. The summed E-state index contributed by atoms with van der Waals surface area (Å²) in [4.78, 5) is 0. The first kappa shape index (κ1) is 11.6. The van der Waals surface area contributed by atoms with Gasteiger partial charge >= 0.3 is 0 Å². The second kappa shape index (κ2) is 3.59. The van der Waals surface area contributed by atoms with Gasteiger partial charge in [0.1, 0.15) is 5.75 Å². The SMILES string of the molecule is CC12Cc3c(cc(O)c4c3C3CCC4C3)C(CCO1)C2. The first-order valence-corrected chi connectivity index (χ1v) is 8.17. The number of ether oxygens (including phenoxy) is 1. The fourth-order valence-corrected chi connectivity index (χ4v) is 5.62. The summed E-state index contributed by atoms with van der Waals surface area (Å²) in [5.74, 6) is 2.56. The van der Waals surface area contributed by atoms with Gasteiger partial charge < -0.3 is 9.84 Å². The molecule has 3 aliphatic carbocycles. The van der Waals surface area contributed by atoms with Crippen LogP contribution in [0.3, 0.4) is 0 Å². The average molecular weight is 270 g/mol. The van der Waals surface area contributed by atoms with E-state index in [2.05, 4.69) is 13.0 Å². The van der Waals surface area contributed by atoms with Crippen LogP contribution < -0.4 is 0 Å². The van der Waals surface area contributed by atoms with Gasteiger partial charge in [0.15, 0.2) is 0 Å². The lowest BCUT2D eigenvalue weighted by molar-refractivity contribution is -0.0786. The number of benzene rings is 1. The largest absolute Gasteiger partial charge is 0.508 e. The Morgan fingerprint density at radius 3 is 2.80 bits per heavy atom. The van der Waals surface area contributed by atoms with Crippen molar-refractivity contribution in [2.75, 3.05) is 6.61 Å². The van der Waals surface area contributed by atoms with Crippen molar-refractivity contribution in [3.8, 4) is 5.75 Å². The zero-order valence-corrected chi connectivity index (χ0v) is 12.1. The van der Waals surface area contributed by atoms with Gasteiger partial charge in [-0.05, 0) is 79.5 Å². The average Bonchev–Trinajstić information content (AvgIpc) is 3.01. The summed E-state index contributed by atoms with van der Waals surface area (Å²) in [6, 6.07) is 2.12. The molecule has 4 atom stereocenters. The predicted molar refractivity (Wildman–Crippen MR) is 77.5 cm³/mol. The molecule has 5 rings (SSSR count). The number of phenolic OH excluding ortho intramolecular Hbond substituents is 1. The second-order valence-corrected chi connectivity index (χ2v) is 7.66. The Labute approximate surface area is 120 Å². The van der Waals surface area contributed by atoms with Crippen LogP contribution in [0.1, 0.15) is 79.0 Å². The number of phenols is 1. The summed E-state index contributed by atoms with van der Waals surface area (Å²) in [5, 5.41) is 10.5. The first-order valence-electron chi connectivity index (χ1n) is 8.17. The lowest BCUT2D eigenvalue weighted by Crippen LogP contribution is -2.42. The number of rotatable bonds is 0. The lowest BCUT2D eigenvalue weighted by atomic mass is 9.68. The molecule has 4 bridgehead atoms. The van der Waals surface area contributed by atoms with E-state index >= 15 is 0 Å². The molecule has 1 saturated heterocycles. The van der Waals surface area contributed by atoms with Gasteiger partial charge in [-0.25, -0.2) is 0 Å². The lowest BCUT2D eigenvalue weighted by Gasteiger charge is -2.45. The van der Waals surface area contributed by atoms with Gasteiger partial charge in [-0.3, -0.25) is 0 Å². The number of hydrogen-bond donors (Lipinski definition) is 1. The highest BCUT2D eigenvalue weighted by Gasteiger charge is 2.46. The van der Waals surface area contributed by atoms with E-state index in [1.165, 1.54) is 36.0 Å². The van der Waals surface area contributed by atoms with Crippen molar-refractivity contribution in [1.29, 1.82) is 0 Å². The Morgan fingerprint density at radius 1 is 1.15 bits per heavy atom. The van der Waals surface area contributed by atoms with E-state index in [4.69, 9.17) is 4.74 Å². The molecule has 106 valence electrons. The van der Waals surface area contributed by atoms with Crippen molar-refractivity contribution in [2.45, 2.75) is 68.8 Å². The monoisotopic (exact) mass is 270 g/mol. The third kappa shape index (κ3) is 1.34. The molecule has 0 aromatic heterocycles. The molecule has 1 saturated carbocycles. The van der Waals surface area contributed by atoms with E-state index < -0.39 is 0 Å². The molecule has 0 spiro atoms. The van der Waals surface area contributed by atoms with Crippen molar-refractivity contribution >= 4 is 0 Å². The summed E-state index contributed by atoms with van der Waals surface area (Å²) in [6.45, 7) is 3.17. The minimum Gasteiger partial charge on any atom is -0.508 e. The van der Waals surface area contributed by atoms with E-state index in [1.807, 2.05) is 0 Å². The molecule has 1 heterocycles. The van der Waals surface area contributed by atoms with Crippen LogP contribution in [-0.2, 0) is 11.2 Å². The molecule has 0 amide bonds. The second-order valence-electron chi connectivity index (χ2n) is 7.66. The number of fused-ring (bicyclic) bond motifs is 10. The van der Waals surface area contributed by atoms with E-state index in [0.29, 0.717) is 17.6 Å². The van der Waals surface area contributed by atoms with Crippen LogP contribution in [0.5, 0.6) is 5.75 Å². The van der Waals surface area contributed by atoms with Crippen molar-refractivity contribution in [3.05, 3.63) is 28.3 Å². The van der Waals surface area contributed by atoms with Crippen molar-refractivity contribution in [3.63, 3.8) is 0 Å². The Bertz CT molecular complexity index is 606. The molecule has 4 aliphatic rings. The van der Waals surface area contributed by atoms with Crippen LogP contribution in [0.2, 0.25) is 0 Å². The number of aromatic hydroxyl groups is 1. The normalized spacial score (nSPS) is 40.5. The Balaban J connectivity index is 1.76. The van der Waals surface area contributed by atoms with E-state index in [1.54, 1.807) is 5.56 Å². The fraction of sp³-hybridized carbons (Fsp3) is 0.667. The van der Waals surface area contributed by atoms with Crippen LogP contribution in [0.25, 0.3) is 0 Å². The smallest absolute Gasteiger partial charge is 0.119 e. The Hall–Kier alpha value is -1.02. The topological polar surface area (TPSA) is 29.5 Å². The van der Waals surface area contributed by atoms with Gasteiger partial charge in [0.25, 0.3) is 0 Å². The number of hydrogen-bond acceptors (Lipinski definition) is 2. The fourth-order valence-electron chi connectivity index (χ4n) is 5.62. The summed E-state index contributed by atoms with van der Waals surface area (Å²) in [6.07, 6.45) is 7.20. The molecule has 1 N–H and O–H groups in total. The van der Waals surface area contributed by atoms with Crippen LogP contribution in [0, 0.1) is 0 Å². The maximum atomic E-state index is 10.5. The van der Waals surface area contributed by atoms with Gasteiger partial charge in [-0.2, -0.15) is 0 Å². The summed E-state index contributed by atoms with van der Waals surface area (Å²) < 4.78 is 6.10. The highest BCUT2D eigenvalue weighted by Crippen LogP contribution is 2.60. The van der Waals surface area contributed by atoms with Crippen molar-refractivity contribution in [2.24, 2.45) is 0 Å². The molecule has 1 aromatic carbocycles. The zero-order valence-electron chi connectivity index (χ0n) is 12.1. The maximum Gasteiger partial charge on any atom is 0.119 e. The third-order valence-electron chi connectivity index (χ3n) is 6.37. The molecular formula is C18H22O2. The van der Waals surface area contributed by atoms with Crippen LogP contribution in [0.4, 0.5) is 0 Å². The molecule has 2 nitrogen and oxygen atoms in total. The van der Waals surface area contributed by atoms with Crippen LogP contribution in [0.15, 0.2) is 6.07 Å². The van der Waals surface area contributed by atoms with Gasteiger partial charge in [-0.1, -0.05) is 0 Å². The van der Waals surface area contributed by atoms with Crippen LogP contribution in [-0.4, -0.2) is 17.3 Å². The first-order chi connectivity index (χ1) is 9.65. The predicted octanol–water partition coefficient (Wildman–Crippen LogP) is 3.97. The standard InChI is InChI=1S/C18H22O2/c1-18-8-12(4-5-20-18)13-7-15(19)17-11-3-2-10(6-11)16(17)14(13)9-18/h7,10-12,19H,2-6,8-9H2,1H3.